The number of carboxylic acids is 2. The van der Waals surface area contributed by atoms with Crippen LogP contribution in [-0.4, -0.2) is 41.4 Å². The summed E-state index contributed by atoms with van der Waals surface area (Å²) >= 11 is 0. The van der Waals surface area contributed by atoms with Crippen LogP contribution < -0.4 is 15.2 Å². The van der Waals surface area contributed by atoms with Gasteiger partial charge in [-0.05, 0) is 30.4 Å². The van der Waals surface area contributed by atoms with E-state index < -0.39 is 11.9 Å². The van der Waals surface area contributed by atoms with Crippen molar-refractivity contribution in [1.82, 2.24) is 4.98 Å². The highest BCUT2D eigenvalue weighted by molar-refractivity contribution is 6.27. The van der Waals surface area contributed by atoms with E-state index in [-0.39, 0.29) is 0 Å². The Hall–Kier alpha value is -2.35. The Balaban J connectivity index is 0.000000315. The molecule has 0 unspecified atom stereocenters. The van der Waals surface area contributed by atoms with E-state index in [0.717, 1.165) is 5.69 Å². The lowest BCUT2D eigenvalue weighted by atomic mass is 10.1. The molecule has 1 heterocycles. The molecule has 8 heteroatoms. The van der Waals surface area contributed by atoms with Crippen molar-refractivity contribution < 1.29 is 29.3 Å². The molecule has 0 aliphatic heterocycles. The fourth-order valence-electron chi connectivity index (χ4n) is 1.73. The van der Waals surface area contributed by atoms with Gasteiger partial charge in [0.2, 0.25) is 0 Å². The predicted octanol–water partition coefficient (Wildman–Crippen LogP) is 0.591. The van der Waals surface area contributed by atoms with E-state index in [0.29, 0.717) is 24.1 Å². The van der Waals surface area contributed by atoms with Gasteiger partial charge in [-0.1, -0.05) is 0 Å². The molecule has 0 aromatic carbocycles. The fourth-order valence-corrected chi connectivity index (χ4v) is 1.73. The second-order valence-corrected chi connectivity index (χ2v) is 4.32. The summed E-state index contributed by atoms with van der Waals surface area (Å²) in [5.74, 6) is -1.82. The number of hydrogen-bond donors (Lipinski definition) is 3. The largest absolute Gasteiger partial charge is 0.491 e. The van der Waals surface area contributed by atoms with E-state index >= 15 is 0 Å². The molecule has 1 aromatic rings. The van der Waals surface area contributed by atoms with Gasteiger partial charge in [-0.25, -0.2) is 14.6 Å². The first-order valence-corrected chi connectivity index (χ1v) is 6.22. The molecule has 2 rings (SSSR count). The summed E-state index contributed by atoms with van der Waals surface area (Å²) in [6.45, 7) is 0.451. The third-order valence-electron chi connectivity index (χ3n) is 2.87. The number of aromatic nitrogens is 1. The second kappa shape index (κ2) is 7.44. The highest BCUT2D eigenvalue weighted by Gasteiger charge is 2.28. The summed E-state index contributed by atoms with van der Waals surface area (Å²) in [5, 5.41) is 14.8. The predicted molar refractivity (Wildman–Crippen MR) is 72.5 cm³/mol. The van der Waals surface area contributed by atoms with Crippen LogP contribution in [0.1, 0.15) is 30.0 Å². The monoisotopic (exact) mass is 298 g/mol. The van der Waals surface area contributed by atoms with Crippen molar-refractivity contribution in [3.63, 3.8) is 0 Å². The third-order valence-corrected chi connectivity index (χ3v) is 2.87. The number of nitrogens with two attached hydrogens (primary N) is 1. The minimum Gasteiger partial charge on any atom is -0.491 e. The quantitative estimate of drug-likeness (QED) is 0.688. The maximum atomic E-state index is 9.10. The van der Waals surface area contributed by atoms with E-state index in [1.54, 1.807) is 14.2 Å². The molecule has 1 fully saturated rings. The summed E-state index contributed by atoms with van der Waals surface area (Å²) in [4.78, 5) is 22.6. The number of aliphatic carboxylic acids is 2. The van der Waals surface area contributed by atoms with Crippen molar-refractivity contribution in [3.05, 3.63) is 17.3 Å². The van der Waals surface area contributed by atoms with Gasteiger partial charge in [-0.3, -0.25) is 0 Å². The van der Waals surface area contributed by atoms with Crippen molar-refractivity contribution in [3.8, 4) is 11.6 Å². The average molecular weight is 298 g/mol. The number of carboxylic acid groups (broad SMARTS) is 2. The van der Waals surface area contributed by atoms with Crippen LogP contribution in [0.15, 0.2) is 6.07 Å². The second-order valence-electron chi connectivity index (χ2n) is 4.32. The van der Waals surface area contributed by atoms with E-state index in [9.17, 15) is 0 Å². The van der Waals surface area contributed by atoms with Gasteiger partial charge in [0, 0.05) is 6.54 Å². The van der Waals surface area contributed by atoms with Crippen LogP contribution in [0.3, 0.4) is 0 Å². The van der Waals surface area contributed by atoms with Crippen molar-refractivity contribution in [2.45, 2.75) is 25.3 Å². The molecule has 0 spiro atoms. The minimum absolute atomic E-state index is 0.451. The Kier molecular flexibility index (Phi) is 5.92. The molecule has 1 aromatic heterocycles. The summed E-state index contributed by atoms with van der Waals surface area (Å²) < 4.78 is 10.4. The highest BCUT2D eigenvalue weighted by Crippen LogP contribution is 2.43. The molecule has 0 atom stereocenters. The van der Waals surface area contributed by atoms with Gasteiger partial charge >= 0.3 is 11.9 Å². The zero-order valence-electron chi connectivity index (χ0n) is 11.8. The van der Waals surface area contributed by atoms with Crippen molar-refractivity contribution in [2.24, 2.45) is 5.73 Å². The summed E-state index contributed by atoms with van der Waals surface area (Å²) in [7, 11) is 3.21. The number of rotatable bonds is 4. The minimum atomic E-state index is -1.82. The van der Waals surface area contributed by atoms with Gasteiger partial charge in [-0.15, -0.1) is 0 Å². The Morgan fingerprint density at radius 3 is 2.19 bits per heavy atom. The number of carbonyl (C=O) groups is 2. The van der Waals surface area contributed by atoms with Crippen LogP contribution in [0.25, 0.3) is 0 Å². The molecule has 1 aliphatic carbocycles. The maximum absolute atomic E-state index is 9.10. The Morgan fingerprint density at radius 1 is 1.29 bits per heavy atom. The number of hydrogen-bond acceptors (Lipinski definition) is 6. The molecule has 1 saturated carbocycles. The molecule has 0 bridgehead atoms. The van der Waals surface area contributed by atoms with Crippen molar-refractivity contribution in [2.75, 3.05) is 14.2 Å². The normalized spacial score (nSPS) is 12.9. The lowest BCUT2D eigenvalue weighted by Gasteiger charge is -2.12. The molecule has 8 nitrogen and oxygen atoms in total. The molecular formula is C13H18N2O6. The molecule has 21 heavy (non-hydrogen) atoms. The third kappa shape index (κ3) is 4.60. The number of nitrogens with zero attached hydrogens (tertiary/aromatic N) is 1. The maximum Gasteiger partial charge on any atom is 0.414 e. The molecule has 0 saturated heterocycles. The van der Waals surface area contributed by atoms with Gasteiger partial charge in [0.1, 0.15) is 0 Å². The zero-order chi connectivity index (χ0) is 16.0. The van der Waals surface area contributed by atoms with E-state index in [1.807, 2.05) is 6.07 Å². The van der Waals surface area contributed by atoms with Gasteiger partial charge < -0.3 is 25.4 Å². The van der Waals surface area contributed by atoms with E-state index in [2.05, 4.69) is 4.98 Å². The Labute approximate surface area is 121 Å². The fraction of sp³-hybridized carbons (Fsp3) is 0.462. The van der Waals surface area contributed by atoms with Crippen molar-refractivity contribution in [1.29, 1.82) is 0 Å². The topological polar surface area (TPSA) is 132 Å². The summed E-state index contributed by atoms with van der Waals surface area (Å²) in [6.07, 6.45) is 2.45. The molecule has 1 aliphatic rings. The van der Waals surface area contributed by atoms with Crippen molar-refractivity contribution >= 4 is 11.9 Å². The van der Waals surface area contributed by atoms with Gasteiger partial charge in [-0.2, -0.15) is 0 Å². The van der Waals surface area contributed by atoms with Crippen LogP contribution in [0.4, 0.5) is 0 Å². The first-order valence-electron chi connectivity index (χ1n) is 6.22. The SMILES string of the molecule is COc1cc(C2CC2)c(CN)nc1OC.O=C(O)C(=O)O. The smallest absolute Gasteiger partial charge is 0.414 e. The Bertz CT molecular complexity index is 516. The van der Waals surface area contributed by atoms with Gasteiger partial charge in [0.15, 0.2) is 5.75 Å². The van der Waals surface area contributed by atoms with Gasteiger partial charge in [0.05, 0.1) is 19.9 Å². The van der Waals surface area contributed by atoms with Crippen LogP contribution in [0.5, 0.6) is 11.6 Å². The van der Waals surface area contributed by atoms with E-state index in [4.69, 9.17) is 35.0 Å². The lowest BCUT2D eigenvalue weighted by Crippen LogP contribution is -2.09. The molecule has 4 N–H and O–H groups in total. The molecule has 0 radical (unpaired) electrons. The summed E-state index contributed by atoms with van der Waals surface area (Å²) in [6, 6.07) is 2.01. The van der Waals surface area contributed by atoms with Crippen LogP contribution in [0, 0.1) is 0 Å². The van der Waals surface area contributed by atoms with Crippen LogP contribution in [-0.2, 0) is 16.1 Å². The Morgan fingerprint density at radius 2 is 1.86 bits per heavy atom. The first kappa shape index (κ1) is 16.7. The number of pyridine rings is 1. The average Bonchev–Trinajstić information content (AvgIpc) is 3.30. The van der Waals surface area contributed by atoms with E-state index in [1.165, 1.54) is 18.4 Å². The first-order chi connectivity index (χ1) is 9.94. The molecule has 0 amide bonds. The lowest BCUT2D eigenvalue weighted by molar-refractivity contribution is -0.159. The van der Waals surface area contributed by atoms with Gasteiger partial charge in [0.25, 0.3) is 5.88 Å². The number of ether oxygens (including phenoxy) is 2. The number of methoxy groups -OCH3 is 2. The van der Waals surface area contributed by atoms with Crippen LogP contribution in [0.2, 0.25) is 0 Å². The standard InChI is InChI=1S/C11H16N2O2.C2H2O4/c1-14-10-5-8(7-3-4-7)9(6-12)13-11(10)15-2;3-1(4)2(5)6/h5,7H,3-4,6,12H2,1-2H3;(H,3,4)(H,5,6). The molecule has 116 valence electrons. The highest BCUT2D eigenvalue weighted by atomic mass is 16.5. The zero-order valence-corrected chi connectivity index (χ0v) is 11.8. The molecular weight excluding hydrogens is 280 g/mol. The summed E-state index contributed by atoms with van der Waals surface area (Å²) in [5.41, 5.74) is 7.82. The van der Waals surface area contributed by atoms with Crippen LogP contribution >= 0.6 is 0 Å².